The van der Waals surface area contributed by atoms with Crippen molar-refractivity contribution in [3.63, 3.8) is 0 Å². The van der Waals surface area contributed by atoms with Crippen molar-refractivity contribution in [1.29, 1.82) is 0 Å². The molecule has 6 heteroatoms. The van der Waals surface area contributed by atoms with Gasteiger partial charge in [0, 0.05) is 13.1 Å². The molecule has 1 aliphatic heterocycles. The molecule has 1 fully saturated rings. The topological polar surface area (TPSA) is 84.7 Å². The van der Waals surface area contributed by atoms with E-state index in [1.54, 1.807) is 7.11 Å². The Bertz CT molecular complexity index is 758. The molecule has 0 aliphatic carbocycles. The molecule has 0 aromatic heterocycles. The molecule has 0 radical (unpaired) electrons. The lowest BCUT2D eigenvalue weighted by Crippen LogP contribution is -2.57. The monoisotopic (exact) mass is 339 g/mol. The van der Waals surface area contributed by atoms with E-state index < -0.39 is 6.03 Å². The number of benzene rings is 2. The van der Waals surface area contributed by atoms with Crippen LogP contribution in [0.1, 0.15) is 17.2 Å². The Morgan fingerprint density at radius 1 is 1.12 bits per heavy atom. The minimum absolute atomic E-state index is 0.0887. The fraction of sp³-hybridized carbons (Fsp3) is 0.263. The molecule has 2 aromatic rings. The summed E-state index contributed by atoms with van der Waals surface area (Å²) >= 11 is 0. The minimum Gasteiger partial charge on any atom is -0.497 e. The summed E-state index contributed by atoms with van der Waals surface area (Å²) in [5, 5.41) is 3.09. The van der Waals surface area contributed by atoms with E-state index in [4.69, 9.17) is 10.5 Å². The van der Waals surface area contributed by atoms with Gasteiger partial charge in [0.25, 0.3) is 0 Å². The minimum atomic E-state index is -0.489. The second kappa shape index (κ2) is 7.25. The Balaban J connectivity index is 1.80. The van der Waals surface area contributed by atoms with Crippen molar-refractivity contribution in [1.82, 2.24) is 10.2 Å². The van der Waals surface area contributed by atoms with Gasteiger partial charge in [-0.25, -0.2) is 4.79 Å². The molecule has 3 rings (SSSR count). The Kier molecular flexibility index (Phi) is 4.88. The van der Waals surface area contributed by atoms with Gasteiger partial charge in [-0.3, -0.25) is 4.79 Å². The lowest BCUT2D eigenvalue weighted by molar-refractivity contribution is -0.129. The van der Waals surface area contributed by atoms with Gasteiger partial charge in [0.05, 0.1) is 19.1 Å². The quantitative estimate of drug-likeness (QED) is 0.873. The van der Waals surface area contributed by atoms with Crippen LogP contribution in [-0.2, 0) is 4.79 Å². The number of methoxy groups -OCH3 is 1. The number of likely N-dealkylation sites (tertiary alicyclic amines) is 1. The summed E-state index contributed by atoms with van der Waals surface area (Å²) in [5.74, 6) is 0.412. The van der Waals surface area contributed by atoms with E-state index in [1.165, 1.54) is 4.90 Å². The van der Waals surface area contributed by atoms with Gasteiger partial charge >= 0.3 is 6.03 Å². The van der Waals surface area contributed by atoms with Crippen LogP contribution in [0.4, 0.5) is 4.79 Å². The van der Waals surface area contributed by atoms with E-state index in [1.807, 2.05) is 54.6 Å². The van der Waals surface area contributed by atoms with Gasteiger partial charge in [0.2, 0.25) is 5.91 Å². The maximum absolute atomic E-state index is 12.6. The molecule has 2 aromatic carbocycles. The number of hydrogen-bond donors (Lipinski definition) is 2. The summed E-state index contributed by atoms with van der Waals surface area (Å²) in [4.78, 5) is 25.1. The predicted octanol–water partition coefficient (Wildman–Crippen LogP) is 1.91. The molecule has 6 nitrogen and oxygen atoms in total. The maximum atomic E-state index is 12.6. The van der Waals surface area contributed by atoms with Crippen LogP contribution in [0.3, 0.4) is 0 Å². The predicted molar refractivity (Wildman–Crippen MR) is 94.1 cm³/mol. The molecule has 1 aliphatic rings. The molecule has 25 heavy (non-hydrogen) atoms. The van der Waals surface area contributed by atoms with Crippen LogP contribution in [0.15, 0.2) is 54.6 Å². The lowest BCUT2D eigenvalue weighted by atomic mass is 9.95. The summed E-state index contributed by atoms with van der Waals surface area (Å²) in [5.41, 5.74) is 7.13. The zero-order valence-electron chi connectivity index (χ0n) is 14.0. The first-order chi connectivity index (χ1) is 12.1. The third kappa shape index (κ3) is 3.74. The lowest BCUT2D eigenvalue weighted by Gasteiger charge is -2.37. The van der Waals surface area contributed by atoms with Gasteiger partial charge in [0.1, 0.15) is 5.75 Å². The zero-order valence-corrected chi connectivity index (χ0v) is 14.0. The highest BCUT2D eigenvalue weighted by atomic mass is 16.5. The van der Waals surface area contributed by atoms with Crippen LogP contribution in [0.5, 0.6) is 5.75 Å². The molecule has 0 bridgehead atoms. The Morgan fingerprint density at radius 2 is 1.80 bits per heavy atom. The summed E-state index contributed by atoms with van der Waals surface area (Å²) in [6.07, 6.45) is 0. The molecule has 0 saturated carbocycles. The Hall–Kier alpha value is -3.02. The van der Waals surface area contributed by atoms with Crippen molar-refractivity contribution in [2.75, 3.05) is 20.2 Å². The van der Waals surface area contributed by atoms with Crippen molar-refractivity contribution < 1.29 is 14.3 Å². The molecular formula is C19H21N3O3. The number of rotatable bonds is 5. The smallest absolute Gasteiger partial charge is 0.314 e. The SMILES string of the molecule is COc1cccc(C(NC(=O)C2CN(C(N)=O)C2)c2ccccc2)c1. The van der Waals surface area contributed by atoms with Crippen molar-refractivity contribution in [3.05, 3.63) is 65.7 Å². The van der Waals surface area contributed by atoms with Crippen molar-refractivity contribution >= 4 is 11.9 Å². The number of ether oxygens (including phenoxy) is 1. The number of nitrogens with one attached hydrogen (secondary N) is 1. The highest BCUT2D eigenvalue weighted by Gasteiger charge is 2.35. The standard InChI is InChI=1S/C19H21N3O3/c1-25-16-9-5-8-14(10-16)17(13-6-3-2-4-7-13)21-18(23)15-11-22(12-15)19(20)24/h2-10,15,17H,11-12H2,1H3,(H2,20,24)(H,21,23). The van der Waals surface area contributed by atoms with Crippen molar-refractivity contribution in [2.45, 2.75) is 6.04 Å². The zero-order chi connectivity index (χ0) is 17.8. The Labute approximate surface area is 146 Å². The Morgan fingerprint density at radius 3 is 2.44 bits per heavy atom. The van der Waals surface area contributed by atoms with E-state index in [2.05, 4.69) is 5.32 Å². The normalized spacial score (nSPS) is 15.2. The van der Waals surface area contributed by atoms with Gasteiger partial charge < -0.3 is 20.7 Å². The van der Waals surface area contributed by atoms with Crippen LogP contribution in [0, 0.1) is 5.92 Å². The van der Waals surface area contributed by atoms with Gasteiger partial charge in [0.15, 0.2) is 0 Å². The van der Waals surface area contributed by atoms with Gasteiger partial charge in [-0.05, 0) is 23.3 Å². The molecule has 1 saturated heterocycles. The number of nitrogens with two attached hydrogens (primary N) is 1. The number of primary amides is 1. The fourth-order valence-corrected chi connectivity index (χ4v) is 2.91. The van der Waals surface area contributed by atoms with Crippen molar-refractivity contribution in [2.24, 2.45) is 11.7 Å². The van der Waals surface area contributed by atoms with Crippen LogP contribution < -0.4 is 15.8 Å². The van der Waals surface area contributed by atoms with Crippen molar-refractivity contribution in [3.8, 4) is 5.75 Å². The van der Waals surface area contributed by atoms with Gasteiger partial charge in [-0.15, -0.1) is 0 Å². The molecule has 1 atom stereocenters. The third-order valence-electron chi connectivity index (χ3n) is 4.41. The fourth-order valence-electron chi connectivity index (χ4n) is 2.91. The van der Waals surface area contributed by atoms with Crippen LogP contribution in [0.2, 0.25) is 0 Å². The van der Waals surface area contributed by atoms with Gasteiger partial charge in [-0.1, -0.05) is 42.5 Å². The largest absolute Gasteiger partial charge is 0.497 e. The highest BCUT2D eigenvalue weighted by molar-refractivity contribution is 5.84. The second-order valence-corrected chi connectivity index (χ2v) is 6.07. The number of hydrogen-bond acceptors (Lipinski definition) is 3. The average Bonchev–Trinajstić information content (AvgIpc) is 2.59. The molecule has 3 N–H and O–H groups in total. The summed E-state index contributed by atoms with van der Waals surface area (Å²) < 4.78 is 5.30. The van der Waals surface area contributed by atoms with E-state index >= 15 is 0 Å². The molecular weight excluding hydrogens is 318 g/mol. The molecule has 1 heterocycles. The first kappa shape index (κ1) is 16.8. The molecule has 0 spiro atoms. The third-order valence-corrected chi connectivity index (χ3v) is 4.41. The number of carbonyl (C=O) groups is 2. The van der Waals surface area contributed by atoms with Crippen LogP contribution in [-0.4, -0.2) is 37.0 Å². The summed E-state index contributed by atoms with van der Waals surface area (Å²) in [7, 11) is 1.61. The highest BCUT2D eigenvalue weighted by Crippen LogP contribution is 2.26. The van der Waals surface area contributed by atoms with E-state index in [0.29, 0.717) is 13.1 Å². The number of amides is 3. The van der Waals surface area contributed by atoms with Gasteiger partial charge in [-0.2, -0.15) is 0 Å². The second-order valence-electron chi connectivity index (χ2n) is 6.07. The molecule has 1 unspecified atom stereocenters. The summed E-state index contributed by atoms with van der Waals surface area (Å²) in [6.45, 7) is 0.724. The first-order valence-corrected chi connectivity index (χ1v) is 8.12. The molecule has 3 amide bonds. The number of nitrogens with zero attached hydrogens (tertiary/aromatic N) is 1. The van der Waals surface area contributed by atoms with E-state index in [-0.39, 0.29) is 17.9 Å². The van der Waals surface area contributed by atoms with E-state index in [0.717, 1.165) is 16.9 Å². The first-order valence-electron chi connectivity index (χ1n) is 8.12. The maximum Gasteiger partial charge on any atom is 0.314 e. The van der Waals surface area contributed by atoms with E-state index in [9.17, 15) is 9.59 Å². The molecule has 130 valence electrons. The van der Waals surface area contributed by atoms with Crippen LogP contribution >= 0.6 is 0 Å². The number of carbonyl (C=O) groups excluding carboxylic acids is 2. The summed E-state index contributed by atoms with van der Waals surface area (Å²) in [6, 6.07) is 16.6. The van der Waals surface area contributed by atoms with Crippen LogP contribution in [0.25, 0.3) is 0 Å². The average molecular weight is 339 g/mol. The number of urea groups is 1.